The summed E-state index contributed by atoms with van der Waals surface area (Å²) in [6.07, 6.45) is 0. The predicted octanol–water partition coefficient (Wildman–Crippen LogP) is 2.35. The Morgan fingerprint density at radius 2 is 2.05 bits per heavy atom. The molecule has 0 bridgehead atoms. The van der Waals surface area contributed by atoms with E-state index in [0.29, 0.717) is 11.5 Å². The van der Waals surface area contributed by atoms with Gasteiger partial charge in [-0.3, -0.25) is 0 Å². The van der Waals surface area contributed by atoms with Crippen LogP contribution in [0.2, 0.25) is 0 Å². The van der Waals surface area contributed by atoms with Gasteiger partial charge in [0.25, 0.3) is 0 Å². The molecular weight excluding hydrogens is 243 g/mol. The van der Waals surface area contributed by atoms with Gasteiger partial charge in [-0.15, -0.1) is 0 Å². The van der Waals surface area contributed by atoms with Crippen molar-refractivity contribution < 1.29 is 4.39 Å². The second kappa shape index (κ2) is 4.81. The number of aromatic nitrogens is 2. The van der Waals surface area contributed by atoms with Crippen molar-refractivity contribution in [3.63, 3.8) is 0 Å². The number of rotatable bonds is 4. The Morgan fingerprint density at radius 1 is 1.37 bits per heavy atom. The van der Waals surface area contributed by atoms with Gasteiger partial charge in [0.15, 0.2) is 0 Å². The highest BCUT2D eigenvalue weighted by Crippen LogP contribution is 2.25. The average molecular weight is 264 g/mol. The Labute approximate surface area is 113 Å². The fourth-order valence-corrected chi connectivity index (χ4v) is 2.62. The van der Waals surface area contributed by atoms with Gasteiger partial charge in [-0.05, 0) is 31.6 Å². The summed E-state index contributed by atoms with van der Waals surface area (Å²) in [5.41, 5.74) is 7.50. The number of anilines is 1. The van der Waals surface area contributed by atoms with Crippen LogP contribution in [0.25, 0.3) is 11.0 Å². The second-order valence-corrected chi connectivity index (χ2v) is 6.09. The van der Waals surface area contributed by atoms with Crippen LogP contribution in [0, 0.1) is 11.2 Å². The van der Waals surface area contributed by atoms with Gasteiger partial charge in [-0.2, -0.15) is 0 Å². The average Bonchev–Trinajstić information content (AvgIpc) is 2.52. The molecule has 0 fully saturated rings. The smallest absolute Gasteiger partial charge is 0.201 e. The van der Waals surface area contributed by atoms with Gasteiger partial charge in [0.1, 0.15) is 5.82 Å². The SMILES string of the molecule is CN(C)CC(C)(C)Cn1c(N)nc2cc(F)ccc21. The second-order valence-electron chi connectivity index (χ2n) is 6.09. The van der Waals surface area contributed by atoms with Crippen LogP contribution in [0.3, 0.4) is 0 Å². The quantitative estimate of drug-likeness (QED) is 0.922. The Hall–Kier alpha value is -1.62. The zero-order valence-electron chi connectivity index (χ0n) is 11.9. The molecule has 0 amide bonds. The first kappa shape index (κ1) is 13.8. The summed E-state index contributed by atoms with van der Waals surface area (Å²) < 4.78 is 15.1. The maximum atomic E-state index is 13.2. The van der Waals surface area contributed by atoms with E-state index in [1.165, 1.54) is 12.1 Å². The zero-order chi connectivity index (χ0) is 14.2. The van der Waals surface area contributed by atoms with E-state index < -0.39 is 0 Å². The van der Waals surface area contributed by atoms with Crippen LogP contribution in [-0.2, 0) is 6.54 Å². The molecule has 0 aliphatic carbocycles. The molecule has 2 rings (SSSR count). The third-order valence-electron chi connectivity index (χ3n) is 3.07. The summed E-state index contributed by atoms with van der Waals surface area (Å²) in [5.74, 6) is 0.150. The van der Waals surface area contributed by atoms with Crippen molar-refractivity contribution in [1.29, 1.82) is 0 Å². The number of nitrogen functional groups attached to an aromatic ring is 1. The van der Waals surface area contributed by atoms with Crippen molar-refractivity contribution in [2.45, 2.75) is 20.4 Å². The standard InChI is InChI=1S/C14H21FN4/c1-14(2,8-18(3)4)9-19-12-6-5-10(15)7-11(12)17-13(19)16/h5-7H,8-9H2,1-4H3,(H2,16,17). The number of hydrogen-bond donors (Lipinski definition) is 1. The number of imidazole rings is 1. The number of nitrogens with two attached hydrogens (primary N) is 1. The Balaban J connectivity index is 2.37. The fourth-order valence-electron chi connectivity index (χ4n) is 2.62. The summed E-state index contributed by atoms with van der Waals surface area (Å²) in [4.78, 5) is 6.37. The highest BCUT2D eigenvalue weighted by atomic mass is 19.1. The molecule has 0 saturated heterocycles. The molecule has 1 heterocycles. The van der Waals surface area contributed by atoms with E-state index in [9.17, 15) is 4.39 Å². The van der Waals surface area contributed by atoms with Crippen molar-refractivity contribution in [3.05, 3.63) is 24.0 Å². The molecule has 0 atom stereocenters. The molecular formula is C14H21FN4. The summed E-state index contributed by atoms with van der Waals surface area (Å²) >= 11 is 0. The fraction of sp³-hybridized carbons (Fsp3) is 0.500. The molecule has 19 heavy (non-hydrogen) atoms. The van der Waals surface area contributed by atoms with Crippen molar-refractivity contribution in [2.24, 2.45) is 5.41 Å². The highest BCUT2D eigenvalue weighted by molar-refractivity contribution is 5.78. The van der Waals surface area contributed by atoms with Gasteiger partial charge >= 0.3 is 0 Å². The lowest BCUT2D eigenvalue weighted by atomic mass is 9.93. The van der Waals surface area contributed by atoms with E-state index >= 15 is 0 Å². The van der Waals surface area contributed by atoms with Crippen molar-refractivity contribution >= 4 is 17.0 Å². The molecule has 4 nitrogen and oxygen atoms in total. The van der Waals surface area contributed by atoms with Gasteiger partial charge in [-0.25, -0.2) is 9.37 Å². The molecule has 2 aromatic rings. The van der Waals surface area contributed by atoms with Crippen molar-refractivity contribution in [3.8, 4) is 0 Å². The maximum absolute atomic E-state index is 13.2. The lowest BCUT2D eigenvalue weighted by Crippen LogP contribution is -2.32. The Bertz CT molecular complexity index is 586. The van der Waals surface area contributed by atoms with Crippen molar-refractivity contribution in [1.82, 2.24) is 14.5 Å². The molecule has 0 aliphatic heterocycles. The van der Waals surface area contributed by atoms with Gasteiger partial charge in [0.2, 0.25) is 5.95 Å². The van der Waals surface area contributed by atoms with Crippen LogP contribution < -0.4 is 5.73 Å². The van der Waals surface area contributed by atoms with Gasteiger partial charge in [-0.1, -0.05) is 13.8 Å². The summed E-state index contributed by atoms with van der Waals surface area (Å²) in [5, 5.41) is 0. The van der Waals surface area contributed by atoms with E-state index in [1.807, 2.05) is 18.7 Å². The minimum Gasteiger partial charge on any atom is -0.369 e. The maximum Gasteiger partial charge on any atom is 0.201 e. The highest BCUT2D eigenvalue weighted by Gasteiger charge is 2.22. The van der Waals surface area contributed by atoms with Crippen LogP contribution in [0.1, 0.15) is 13.8 Å². The summed E-state index contributed by atoms with van der Waals surface area (Å²) in [7, 11) is 4.10. The third-order valence-corrected chi connectivity index (χ3v) is 3.07. The molecule has 2 N–H and O–H groups in total. The van der Waals surface area contributed by atoms with Crippen LogP contribution in [0.15, 0.2) is 18.2 Å². The molecule has 104 valence electrons. The van der Waals surface area contributed by atoms with Crippen LogP contribution >= 0.6 is 0 Å². The molecule has 0 unspecified atom stereocenters. The minimum absolute atomic E-state index is 0.0552. The van der Waals surface area contributed by atoms with Gasteiger partial charge in [0.05, 0.1) is 11.0 Å². The number of hydrogen-bond acceptors (Lipinski definition) is 3. The number of nitrogens with zero attached hydrogens (tertiary/aromatic N) is 3. The minimum atomic E-state index is -0.287. The zero-order valence-corrected chi connectivity index (χ0v) is 11.9. The van der Waals surface area contributed by atoms with Crippen LogP contribution in [0.5, 0.6) is 0 Å². The molecule has 1 aromatic carbocycles. The van der Waals surface area contributed by atoms with E-state index in [0.717, 1.165) is 18.6 Å². The number of fused-ring (bicyclic) bond motifs is 1. The lowest BCUT2D eigenvalue weighted by Gasteiger charge is -2.29. The largest absolute Gasteiger partial charge is 0.369 e. The predicted molar refractivity (Wildman–Crippen MR) is 76.4 cm³/mol. The molecule has 0 saturated carbocycles. The van der Waals surface area contributed by atoms with Crippen LogP contribution in [-0.4, -0.2) is 35.1 Å². The molecule has 5 heteroatoms. The Kier molecular flexibility index (Phi) is 3.49. The van der Waals surface area contributed by atoms with E-state index in [-0.39, 0.29) is 11.2 Å². The number of benzene rings is 1. The first-order chi connectivity index (χ1) is 8.78. The summed E-state index contributed by atoms with van der Waals surface area (Å²) in [6.45, 7) is 6.05. The van der Waals surface area contributed by atoms with Crippen molar-refractivity contribution in [2.75, 3.05) is 26.4 Å². The third kappa shape index (κ3) is 3.04. The van der Waals surface area contributed by atoms with Gasteiger partial charge in [0, 0.05) is 19.2 Å². The van der Waals surface area contributed by atoms with Crippen LogP contribution in [0.4, 0.5) is 10.3 Å². The van der Waals surface area contributed by atoms with Gasteiger partial charge < -0.3 is 15.2 Å². The molecule has 0 aliphatic rings. The van der Waals surface area contributed by atoms with E-state index in [2.05, 4.69) is 23.7 Å². The summed E-state index contributed by atoms with van der Waals surface area (Å²) in [6, 6.07) is 4.60. The molecule has 0 spiro atoms. The normalized spacial score (nSPS) is 12.5. The first-order valence-corrected chi connectivity index (χ1v) is 6.34. The molecule has 0 radical (unpaired) electrons. The van der Waals surface area contributed by atoms with E-state index in [1.54, 1.807) is 6.07 Å². The monoisotopic (exact) mass is 264 g/mol. The van der Waals surface area contributed by atoms with E-state index in [4.69, 9.17) is 5.73 Å². The Morgan fingerprint density at radius 3 is 2.68 bits per heavy atom. The molecule has 1 aromatic heterocycles. The first-order valence-electron chi connectivity index (χ1n) is 6.34. The lowest BCUT2D eigenvalue weighted by molar-refractivity contribution is 0.214. The topological polar surface area (TPSA) is 47.1 Å². The number of halogens is 1.